The van der Waals surface area contributed by atoms with Crippen molar-refractivity contribution < 1.29 is 4.79 Å². The molecule has 2 aliphatic rings. The van der Waals surface area contributed by atoms with Gasteiger partial charge in [0, 0.05) is 23.3 Å². The summed E-state index contributed by atoms with van der Waals surface area (Å²) in [7, 11) is 0. The summed E-state index contributed by atoms with van der Waals surface area (Å²) in [5, 5.41) is 6.50. The number of nitrogens with one attached hydrogen (secondary N) is 2. The summed E-state index contributed by atoms with van der Waals surface area (Å²) in [6.07, 6.45) is 7.33. The minimum Gasteiger partial charge on any atom is -0.382 e. The zero-order chi connectivity index (χ0) is 12.4. The van der Waals surface area contributed by atoms with Crippen molar-refractivity contribution in [2.45, 2.75) is 44.6 Å². The molecule has 96 valence electrons. The average molecular weight is 244 g/mol. The Morgan fingerprint density at radius 2 is 1.56 bits per heavy atom. The summed E-state index contributed by atoms with van der Waals surface area (Å²) in [4.78, 5) is 11.6. The SMILES string of the molecule is O=C(Nc1ccc(NC2CCCC2)cc1)C1CC1. The fourth-order valence-corrected chi connectivity index (χ4v) is 2.55. The summed E-state index contributed by atoms with van der Waals surface area (Å²) in [6.45, 7) is 0. The lowest BCUT2D eigenvalue weighted by molar-refractivity contribution is -0.117. The second-order valence-corrected chi connectivity index (χ2v) is 5.47. The number of hydrogen-bond acceptors (Lipinski definition) is 2. The molecule has 3 rings (SSSR count). The van der Waals surface area contributed by atoms with Gasteiger partial charge in [-0.15, -0.1) is 0 Å². The van der Waals surface area contributed by atoms with Gasteiger partial charge in [-0.3, -0.25) is 4.79 Å². The highest BCUT2D eigenvalue weighted by Crippen LogP contribution is 2.30. The molecule has 0 aliphatic heterocycles. The van der Waals surface area contributed by atoms with E-state index in [-0.39, 0.29) is 11.8 Å². The normalized spacial score (nSPS) is 19.8. The number of rotatable bonds is 4. The molecule has 2 saturated carbocycles. The largest absolute Gasteiger partial charge is 0.382 e. The molecule has 0 bridgehead atoms. The van der Waals surface area contributed by atoms with Gasteiger partial charge in [0.1, 0.15) is 0 Å². The van der Waals surface area contributed by atoms with E-state index in [1.54, 1.807) is 0 Å². The molecule has 0 aromatic heterocycles. The zero-order valence-electron chi connectivity index (χ0n) is 10.6. The van der Waals surface area contributed by atoms with Gasteiger partial charge in [0.15, 0.2) is 0 Å². The highest BCUT2D eigenvalue weighted by molar-refractivity contribution is 5.94. The van der Waals surface area contributed by atoms with Crippen LogP contribution in [0, 0.1) is 5.92 Å². The van der Waals surface area contributed by atoms with Crippen molar-refractivity contribution in [3.8, 4) is 0 Å². The predicted octanol–water partition coefficient (Wildman–Crippen LogP) is 3.39. The maximum absolute atomic E-state index is 11.6. The lowest BCUT2D eigenvalue weighted by Gasteiger charge is -2.14. The van der Waals surface area contributed by atoms with Crippen molar-refractivity contribution in [1.82, 2.24) is 0 Å². The highest BCUT2D eigenvalue weighted by Gasteiger charge is 2.29. The van der Waals surface area contributed by atoms with E-state index in [0.717, 1.165) is 24.2 Å². The van der Waals surface area contributed by atoms with E-state index in [9.17, 15) is 4.79 Å². The molecule has 2 fully saturated rings. The van der Waals surface area contributed by atoms with E-state index < -0.39 is 0 Å². The van der Waals surface area contributed by atoms with Crippen LogP contribution in [0.5, 0.6) is 0 Å². The van der Waals surface area contributed by atoms with Crippen molar-refractivity contribution >= 4 is 17.3 Å². The lowest BCUT2D eigenvalue weighted by Crippen LogP contribution is -2.15. The number of hydrogen-bond donors (Lipinski definition) is 2. The predicted molar refractivity (Wildman–Crippen MR) is 73.7 cm³/mol. The van der Waals surface area contributed by atoms with Gasteiger partial charge >= 0.3 is 0 Å². The van der Waals surface area contributed by atoms with Gasteiger partial charge in [-0.1, -0.05) is 12.8 Å². The molecule has 0 radical (unpaired) electrons. The van der Waals surface area contributed by atoms with E-state index in [2.05, 4.69) is 22.8 Å². The van der Waals surface area contributed by atoms with Gasteiger partial charge in [0.25, 0.3) is 0 Å². The minimum atomic E-state index is 0.173. The van der Waals surface area contributed by atoms with Crippen LogP contribution < -0.4 is 10.6 Å². The van der Waals surface area contributed by atoms with Crippen molar-refractivity contribution in [3.63, 3.8) is 0 Å². The highest BCUT2D eigenvalue weighted by atomic mass is 16.2. The fraction of sp³-hybridized carbons (Fsp3) is 0.533. The Morgan fingerprint density at radius 3 is 2.17 bits per heavy atom. The summed E-state index contributed by atoms with van der Waals surface area (Å²) in [5.41, 5.74) is 2.06. The monoisotopic (exact) mass is 244 g/mol. The molecule has 0 spiro atoms. The van der Waals surface area contributed by atoms with Gasteiger partial charge in [-0.2, -0.15) is 0 Å². The van der Waals surface area contributed by atoms with Gasteiger partial charge in [-0.25, -0.2) is 0 Å². The quantitative estimate of drug-likeness (QED) is 0.852. The Morgan fingerprint density at radius 1 is 0.944 bits per heavy atom. The van der Waals surface area contributed by atoms with Crippen LogP contribution in [0.3, 0.4) is 0 Å². The molecule has 18 heavy (non-hydrogen) atoms. The first-order valence-corrected chi connectivity index (χ1v) is 6.99. The second-order valence-electron chi connectivity index (χ2n) is 5.47. The molecule has 3 heteroatoms. The molecule has 2 aliphatic carbocycles. The fourth-order valence-electron chi connectivity index (χ4n) is 2.55. The molecule has 0 saturated heterocycles. The molecule has 1 aromatic rings. The maximum atomic E-state index is 11.6. The topological polar surface area (TPSA) is 41.1 Å². The van der Waals surface area contributed by atoms with E-state index >= 15 is 0 Å². The van der Waals surface area contributed by atoms with Crippen molar-refractivity contribution in [1.29, 1.82) is 0 Å². The standard InChI is InChI=1S/C15H20N2O/c18-15(11-5-6-11)17-14-9-7-13(8-10-14)16-12-3-1-2-4-12/h7-12,16H,1-6H2,(H,17,18). The number of carbonyl (C=O) groups is 1. The summed E-state index contributed by atoms with van der Waals surface area (Å²) in [5.74, 6) is 0.438. The smallest absolute Gasteiger partial charge is 0.227 e. The van der Waals surface area contributed by atoms with Gasteiger partial charge in [0.05, 0.1) is 0 Å². The number of amides is 1. The third-order valence-corrected chi connectivity index (χ3v) is 3.83. The molecule has 1 aromatic carbocycles. The average Bonchev–Trinajstić information content (AvgIpc) is 3.11. The molecule has 2 N–H and O–H groups in total. The molecule has 0 unspecified atom stereocenters. The molecular weight excluding hydrogens is 224 g/mol. The molecule has 3 nitrogen and oxygen atoms in total. The second kappa shape index (κ2) is 5.01. The summed E-state index contributed by atoms with van der Waals surface area (Å²) >= 11 is 0. The van der Waals surface area contributed by atoms with Crippen molar-refractivity contribution in [3.05, 3.63) is 24.3 Å². The van der Waals surface area contributed by atoms with Crippen molar-refractivity contribution in [2.75, 3.05) is 10.6 Å². The van der Waals surface area contributed by atoms with Crippen LogP contribution in [0.25, 0.3) is 0 Å². The number of anilines is 2. The Kier molecular flexibility index (Phi) is 3.22. The molecule has 0 heterocycles. The summed E-state index contributed by atoms with van der Waals surface area (Å²) < 4.78 is 0. The van der Waals surface area contributed by atoms with Crippen LogP contribution in [0.4, 0.5) is 11.4 Å². The van der Waals surface area contributed by atoms with E-state index in [1.165, 1.54) is 25.7 Å². The maximum Gasteiger partial charge on any atom is 0.227 e. The van der Waals surface area contributed by atoms with E-state index in [4.69, 9.17) is 0 Å². The molecular formula is C15H20N2O. The Hall–Kier alpha value is -1.51. The number of benzene rings is 1. The third kappa shape index (κ3) is 2.84. The van der Waals surface area contributed by atoms with Crippen LogP contribution in [-0.2, 0) is 4.79 Å². The van der Waals surface area contributed by atoms with Crippen molar-refractivity contribution in [2.24, 2.45) is 5.92 Å². The Balaban J connectivity index is 1.56. The Labute approximate surface area is 108 Å². The first-order chi connectivity index (χ1) is 8.81. The minimum absolute atomic E-state index is 0.173. The first kappa shape index (κ1) is 11.6. The van der Waals surface area contributed by atoms with Crippen LogP contribution in [0.2, 0.25) is 0 Å². The van der Waals surface area contributed by atoms with Crippen LogP contribution in [0.15, 0.2) is 24.3 Å². The number of carbonyl (C=O) groups excluding carboxylic acids is 1. The first-order valence-electron chi connectivity index (χ1n) is 6.99. The van der Waals surface area contributed by atoms with E-state index in [0.29, 0.717) is 6.04 Å². The van der Waals surface area contributed by atoms with Crippen LogP contribution in [0.1, 0.15) is 38.5 Å². The zero-order valence-corrected chi connectivity index (χ0v) is 10.6. The third-order valence-electron chi connectivity index (χ3n) is 3.83. The lowest BCUT2D eigenvalue weighted by atomic mass is 10.2. The Bertz CT molecular complexity index is 417. The van der Waals surface area contributed by atoms with Gasteiger partial charge in [0.2, 0.25) is 5.91 Å². The molecule has 1 amide bonds. The van der Waals surface area contributed by atoms with Crippen LogP contribution >= 0.6 is 0 Å². The van der Waals surface area contributed by atoms with Gasteiger partial charge < -0.3 is 10.6 Å². The van der Waals surface area contributed by atoms with E-state index in [1.807, 2.05) is 12.1 Å². The van der Waals surface area contributed by atoms with Gasteiger partial charge in [-0.05, 0) is 49.9 Å². The molecule has 0 atom stereocenters. The van der Waals surface area contributed by atoms with Crippen LogP contribution in [-0.4, -0.2) is 11.9 Å². The summed E-state index contributed by atoms with van der Waals surface area (Å²) in [6, 6.07) is 8.72.